The summed E-state index contributed by atoms with van der Waals surface area (Å²) in [7, 11) is 0. The lowest BCUT2D eigenvalue weighted by Gasteiger charge is -2.00. The number of unbranched alkanes of at least 4 members (excludes halogenated alkanes) is 9. The van der Waals surface area contributed by atoms with Crippen LogP contribution in [0.3, 0.4) is 0 Å². The molecule has 0 saturated carbocycles. The molecule has 20 heavy (non-hydrogen) atoms. The highest BCUT2D eigenvalue weighted by molar-refractivity contribution is 5.86. The highest BCUT2D eigenvalue weighted by Crippen LogP contribution is 2.10. The third kappa shape index (κ3) is 12.0. The summed E-state index contributed by atoms with van der Waals surface area (Å²) in [4.78, 5) is 10.8. The molecule has 0 bridgehead atoms. The van der Waals surface area contributed by atoms with Gasteiger partial charge in [-0.2, -0.15) is 0 Å². The van der Waals surface area contributed by atoms with Gasteiger partial charge in [0.05, 0.1) is 0 Å². The van der Waals surface area contributed by atoms with Crippen molar-refractivity contribution in [3.63, 3.8) is 0 Å². The van der Waals surface area contributed by atoms with Gasteiger partial charge in [0, 0.05) is 5.57 Å². The van der Waals surface area contributed by atoms with E-state index in [1.165, 1.54) is 57.8 Å². The molecule has 0 unspecified atom stereocenters. The lowest BCUT2D eigenvalue weighted by atomic mass is 10.1. The summed E-state index contributed by atoms with van der Waals surface area (Å²) in [6, 6.07) is 0. The maximum atomic E-state index is 10.8. The second kappa shape index (κ2) is 14.4. The molecule has 0 aliphatic rings. The maximum Gasteiger partial charge on any atom is 0.331 e. The van der Waals surface area contributed by atoms with Crippen LogP contribution in [0, 0.1) is 0 Å². The van der Waals surface area contributed by atoms with E-state index in [2.05, 4.69) is 13.0 Å². The molecule has 0 aliphatic carbocycles. The Kier molecular flexibility index (Phi) is 13.6. The third-order valence-electron chi connectivity index (χ3n) is 3.56. The molecule has 116 valence electrons. The number of hydrogen-bond donors (Lipinski definition) is 1. The molecule has 0 saturated heterocycles. The molecule has 0 heterocycles. The Hall–Kier alpha value is -1.05. The van der Waals surface area contributed by atoms with Gasteiger partial charge in [0.25, 0.3) is 0 Å². The summed E-state index contributed by atoms with van der Waals surface area (Å²) in [5.74, 6) is -0.805. The van der Waals surface area contributed by atoms with E-state index in [-0.39, 0.29) is 0 Å². The van der Waals surface area contributed by atoms with Crippen LogP contribution in [0.1, 0.15) is 84.5 Å². The Morgan fingerprint density at radius 1 is 0.900 bits per heavy atom. The predicted molar refractivity (Wildman–Crippen MR) is 87.0 cm³/mol. The van der Waals surface area contributed by atoms with E-state index in [1.54, 1.807) is 6.08 Å². The minimum absolute atomic E-state index is 0.480. The summed E-state index contributed by atoms with van der Waals surface area (Å²) < 4.78 is 0. The van der Waals surface area contributed by atoms with Gasteiger partial charge in [-0.15, -0.1) is 0 Å². The Bertz CT molecular complexity index is 290. The van der Waals surface area contributed by atoms with Crippen molar-refractivity contribution in [1.82, 2.24) is 0 Å². The number of hydrogen-bond acceptors (Lipinski definition) is 1. The van der Waals surface area contributed by atoms with Gasteiger partial charge >= 0.3 is 5.97 Å². The molecule has 2 nitrogen and oxygen atoms in total. The molecule has 0 aliphatic heterocycles. The second-order valence-electron chi connectivity index (χ2n) is 5.40. The summed E-state index contributed by atoms with van der Waals surface area (Å²) in [6.45, 7) is 4.12. The molecule has 0 aromatic rings. The van der Waals surface area contributed by atoms with Gasteiger partial charge in [-0.1, -0.05) is 83.4 Å². The zero-order valence-electron chi connectivity index (χ0n) is 13.4. The van der Waals surface area contributed by atoms with E-state index in [4.69, 9.17) is 5.11 Å². The number of rotatable bonds is 13. The van der Waals surface area contributed by atoms with Crippen LogP contribution in [0.25, 0.3) is 0 Å². The lowest BCUT2D eigenvalue weighted by molar-refractivity contribution is -0.132. The first kappa shape index (κ1) is 18.9. The van der Waals surface area contributed by atoms with Gasteiger partial charge in [0.2, 0.25) is 0 Å². The van der Waals surface area contributed by atoms with Crippen LogP contribution in [0.4, 0.5) is 0 Å². The molecule has 0 fully saturated rings. The fourth-order valence-corrected chi connectivity index (χ4v) is 2.19. The van der Waals surface area contributed by atoms with E-state index >= 15 is 0 Å². The van der Waals surface area contributed by atoms with Crippen LogP contribution in [0.15, 0.2) is 23.8 Å². The molecule has 1 N–H and O–H groups in total. The zero-order valence-corrected chi connectivity index (χ0v) is 13.4. The Balaban J connectivity index is 3.41. The second-order valence-corrected chi connectivity index (χ2v) is 5.40. The van der Waals surface area contributed by atoms with Gasteiger partial charge in [-0.3, -0.25) is 0 Å². The molecule has 0 aromatic heterocycles. The largest absolute Gasteiger partial charge is 0.478 e. The third-order valence-corrected chi connectivity index (χ3v) is 3.56. The Morgan fingerprint density at radius 2 is 1.45 bits per heavy atom. The van der Waals surface area contributed by atoms with Crippen LogP contribution in [0.2, 0.25) is 0 Å². The monoisotopic (exact) mass is 280 g/mol. The van der Waals surface area contributed by atoms with Gasteiger partial charge < -0.3 is 5.11 Å². The molecule has 0 spiro atoms. The predicted octanol–water partition coefficient (Wildman–Crippen LogP) is 5.88. The number of carboxylic acid groups (broad SMARTS) is 1. The summed E-state index contributed by atoms with van der Waals surface area (Å²) >= 11 is 0. The van der Waals surface area contributed by atoms with Crippen LogP contribution < -0.4 is 0 Å². The lowest BCUT2D eigenvalue weighted by Crippen LogP contribution is -1.97. The van der Waals surface area contributed by atoms with Crippen LogP contribution in [0.5, 0.6) is 0 Å². The topological polar surface area (TPSA) is 37.3 Å². The highest BCUT2D eigenvalue weighted by atomic mass is 16.4. The van der Waals surface area contributed by atoms with Crippen molar-refractivity contribution in [2.75, 3.05) is 0 Å². The number of allylic oxidation sites excluding steroid dienone is 3. The molecule has 2 heteroatoms. The van der Waals surface area contributed by atoms with Gasteiger partial charge in [-0.05, 0) is 19.3 Å². The average molecular weight is 280 g/mol. The highest BCUT2D eigenvalue weighted by Gasteiger charge is 2.00. The van der Waals surface area contributed by atoms with Crippen molar-refractivity contribution in [3.05, 3.63) is 23.8 Å². The molecule has 0 atom stereocenters. The van der Waals surface area contributed by atoms with Crippen LogP contribution in [-0.4, -0.2) is 11.1 Å². The standard InChI is InChI=1S/C18H32O2/c1-3-5-6-7-8-9-10-11-12-13-14-15-16-17(4-2)18(19)20/h14-16H,3-13H2,1-2H3,(H,19,20)/b15-14+,17-16+. The fourth-order valence-electron chi connectivity index (χ4n) is 2.19. The van der Waals surface area contributed by atoms with Crippen molar-refractivity contribution in [2.45, 2.75) is 84.5 Å². The first-order chi connectivity index (χ1) is 9.72. The van der Waals surface area contributed by atoms with Crippen LogP contribution >= 0.6 is 0 Å². The van der Waals surface area contributed by atoms with Gasteiger partial charge in [0.15, 0.2) is 0 Å². The van der Waals surface area contributed by atoms with Gasteiger partial charge in [-0.25, -0.2) is 4.79 Å². The molecule has 0 aromatic carbocycles. The van der Waals surface area contributed by atoms with Crippen molar-refractivity contribution < 1.29 is 9.90 Å². The average Bonchev–Trinajstić information content (AvgIpc) is 2.43. The molecule has 0 rings (SSSR count). The molecule has 0 radical (unpaired) electrons. The van der Waals surface area contributed by atoms with Gasteiger partial charge in [0.1, 0.15) is 0 Å². The number of aliphatic carboxylic acids is 1. The first-order valence-corrected chi connectivity index (χ1v) is 8.31. The summed E-state index contributed by atoms with van der Waals surface area (Å²) in [6.07, 6.45) is 19.4. The van der Waals surface area contributed by atoms with E-state index in [1.807, 2.05) is 13.0 Å². The van der Waals surface area contributed by atoms with Crippen molar-refractivity contribution in [2.24, 2.45) is 0 Å². The Morgan fingerprint density at radius 3 is 1.95 bits per heavy atom. The normalized spacial score (nSPS) is 12.2. The quantitative estimate of drug-likeness (QED) is 0.260. The van der Waals surface area contributed by atoms with E-state index in [0.717, 1.165) is 6.42 Å². The van der Waals surface area contributed by atoms with Crippen molar-refractivity contribution >= 4 is 5.97 Å². The van der Waals surface area contributed by atoms with Crippen molar-refractivity contribution in [3.8, 4) is 0 Å². The summed E-state index contributed by atoms with van der Waals surface area (Å²) in [5, 5.41) is 8.85. The minimum atomic E-state index is -0.805. The minimum Gasteiger partial charge on any atom is -0.478 e. The maximum absolute atomic E-state index is 10.8. The number of carbonyl (C=O) groups is 1. The van der Waals surface area contributed by atoms with E-state index in [0.29, 0.717) is 12.0 Å². The Labute approximate surface area is 125 Å². The SMILES string of the molecule is CCCCCCCCCCC/C=C/C=C(\CC)C(=O)O. The van der Waals surface area contributed by atoms with E-state index in [9.17, 15) is 4.79 Å². The van der Waals surface area contributed by atoms with E-state index < -0.39 is 5.97 Å². The van der Waals surface area contributed by atoms with Crippen molar-refractivity contribution in [1.29, 1.82) is 0 Å². The smallest absolute Gasteiger partial charge is 0.331 e. The summed E-state index contributed by atoms with van der Waals surface area (Å²) in [5.41, 5.74) is 0.480. The first-order valence-electron chi connectivity index (χ1n) is 8.31. The molecule has 0 amide bonds. The fraction of sp³-hybridized carbons (Fsp3) is 0.722. The number of carboxylic acids is 1. The molecular weight excluding hydrogens is 248 g/mol. The molecular formula is C18H32O2. The zero-order chi connectivity index (χ0) is 15.1. The van der Waals surface area contributed by atoms with Crippen LogP contribution in [-0.2, 0) is 4.79 Å².